The highest BCUT2D eigenvalue weighted by molar-refractivity contribution is 6.43. The van der Waals surface area contributed by atoms with E-state index in [1.165, 1.54) is 14.7 Å². The number of halogens is 3. The number of aromatic amines is 2. The summed E-state index contributed by atoms with van der Waals surface area (Å²) in [5, 5.41) is 0.206. The maximum atomic E-state index is 13.8. The first-order valence-corrected chi connectivity index (χ1v) is 37.8. The van der Waals surface area contributed by atoms with Crippen molar-refractivity contribution in [3.63, 3.8) is 0 Å². The van der Waals surface area contributed by atoms with Crippen LogP contribution in [0.4, 0.5) is 35.3 Å². The third-order valence-corrected chi connectivity index (χ3v) is 20.9. The van der Waals surface area contributed by atoms with Crippen LogP contribution in [0.2, 0.25) is 15.5 Å². The molecule has 0 radical (unpaired) electrons. The van der Waals surface area contributed by atoms with E-state index in [0.29, 0.717) is 117 Å². The van der Waals surface area contributed by atoms with Crippen LogP contribution >= 0.6 is 34.8 Å². The molecule has 1 saturated carbocycles. The van der Waals surface area contributed by atoms with Crippen LogP contribution in [0, 0.1) is 53.4 Å². The summed E-state index contributed by atoms with van der Waals surface area (Å²) in [5.41, 5.74) is 29.6. The number of hydrogen-bond acceptors (Lipinski definition) is 24. The normalized spacial score (nSPS) is 14.8. The summed E-state index contributed by atoms with van der Waals surface area (Å²) in [6.45, 7) is 21.0. The number of rotatable bonds is 25. The second-order valence-corrected chi connectivity index (χ2v) is 29.0. The number of imidazole rings is 2. The number of aromatic nitrogens is 14. The molecule has 0 spiro atoms. The number of carbonyl (C=O) groups excluding carboxylic acids is 6. The molecule has 0 bridgehead atoms. The Balaban J connectivity index is 0.000000167. The van der Waals surface area contributed by atoms with E-state index in [4.69, 9.17) is 71.0 Å². The van der Waals surface area contributed by atoms with Gasteiger partial charge in [-0.15, -0.1) is 0 Å². The van der Waals surface area contributed by atoms with Crippen LogP contribution in [0.5, 0.6) is 17.2 Å². The number of nitrogens with two attached hydrogens (primary N) is 3. The molecule has 592 valence electrons. The Morgan fingerprint density at radius 1 is 0.575 bits per heavy atom. The van der Waals surface area contributed by atoms with E-state index in [9.17, 15) is 28.8 Å². The number of fused-ring (bicyclic) bond motifs is 3. The molecule has 8 N–H and O–H groups in total. The van der Waals surface area contributed by atoms with Gasteiger partial charge < -0.3 is 55.6 Å². The zero-order valence-electron chi connectivity index (χ0n) is 65.4. The minimum absolute atomic E-state index is 0.0287. The molecule has 4 amide bonds. The Morgan fingerprint density at radius 2 is 1.02 bits per heavy atom. The van der Waals surface area contributed by atoms with Gasteiger partial charge in [0.2, 0.25) is 23.8 Å². The number of nitrogen functional groups attached to an aromatic ring is 3. The number of ketones is 2. The summed E-state index contributed by atoms with van der Waals surface area (Å²) in [7, 11) is 6.35. The topological polar surface area (TPSA) is 409 Å². The molecule has 31 nitrogen and oxygen atoms in total. The number of carbonyl (C=O) groups is 6. The number of anilines is 6. The van der Waals surface area contributed by atoms with Crippen molar-refractivity contribution in [3.05, 3.63) is 160 Å². The molecule has 0 aromatic carbocycles. The van der Waals surface area contributed by atoms with Crippen molar-refractivity contribution in [1.82, 2.24) is 74.3 Å². The van der Waals surface area contributed by atoms with Crippen LogP contribution in [0.3, 0.4) is 0 Å². The van der Waals surface area contributed by atoms with Crippen molar-refractivity contribution in [2.24, 2.45) is 11.8 Å². The molecule has 0 unspecified atom stereocenters. The lowest BCUT2D eigenvalue weighted by atomic mass is 9.99. The molecule has 9 aromatic heterocycles. The van der Waals surface area contributed by atoms with E-state index in [1.807, 2.05) is 86.3 Å². The van der Waals surface area contributed by atoms with Crippen molar-refractivity contribution < 1.29 is 47.7 Å². The summed E-state index contributed by atoms with van der Waals surface area (Å²) in [4.78, 5) is 139. The molecule has 1 aliphatic carbocycles. The van der Waals surface area contributed by atoms with Gasteiger partial charge >= 0.3 is 0 Å². The molecule has 9 aromatic rings. The first-order chi connectivity index (χ1) is 54.0. The number of H-pyrrole nitrogens is 2. The highest BCUT2D eigenvalue weighted by Gasteiger charge is 2.42. The van der Waals surface area contributed by atoms with E-state index in [0.717, 1.165) is 70.5 Å². The van der Waals surface area contributed by atoms with Crippen LogP contribution in [-0.2, 0) is 79.1 Å². The number of hydrogen-bond donors (Lipinski definition) is 5. The number of ether oxygens (including phenoxy) is 4. The largest absolute Gasteiger partial charge is 0.496 e. The molecule has 12 heterocycles. The van der Waals surface area contributed by atoms with Gasteiger partial charge in [0.05, 0.1) is 104 Å². The van der Waals surface area contributed by atoms with Gasteiger partial charge in [-0.1, -0.05) is 61.5 Å². The zero-order chi connectivity index (χ0) is 81.5. The fourth-order valence-electron chi connectivity index (χ4n) is 14.1. The average Bonchev–Trinajstić information content (AvgIpc) is 1.62. The van der Waals surface area contributed by atoms with Gasteiger partial charge in [0.15, 0.2) is 17.5 Å². The van der Waals surface area contributed by atoms with Crippen LogP contribution in [0.1, 0.15) is 161 Å². The van der Waals surface area contributed by atoms with E-state index >= 15 is 0 Å². The Labute approximate surface area is 668 Å². The summed E-state index contributed by atoms with van der Waals surface area (Å²) in [6, 6.07) is 3.77. The van der Waals surface area contributed by atoms with Crippen LogP contribution in [0.15, 0.2) is 43.1 Å². The Bertz CT molecular complexity index is 5310. The molecule has 113 heavy (non-hydrogen) atoms. The van der Waals surface area contributed by atoms with Gasteiger partial charge in [-0.05, 0) is 105 Å². The Morgan fingerprint density at radius 3 is 1.44 bits per heavy atom. The smallest absolute Gasteiger partial charge is 0.260 e. The third kappa shape index (κ3) is 17.7. The van der Waals surface area contributed by atoms with Crippen LogP contribution in [-0.4, -0.2) is 151 Å². The molecule has 1 fully saturated rings. The Hall–Kier alpha value is -11.5. The lowest BCUT2D eigenvalue weighted by molar-refractivity contribution is -0.131. The van der Waals surface area contributed by atoms with Crippen molar-refractivity contribution in [1.29, 1.82) is 0 Å². The zero-order valence-corrected chi connectivity index (χ0v) is 67.7. The van der Waals surface area contributed by atoms with Crippen molar-refractivity contribution in [2.75, 3.05) is 73.4 Å². The van der Waals surface area contributed by atoms with E-state index in [2.05, 4.69) is 64.8 Å². The van der Waals surface area contributed by atoms with Gasteiger partial charge in [0.1, 0.15) is 62.7 Å². The van der Waals surface area contributed by atoms with Crippen molar-refractivity contribution >= 4 is 140 Å². The quantitative estimate of drug-likeness (QED) is 0.0262. The summed E-state index contributed by atoms with van der Waals surface area (Å²) in [5.74, 6) is 3.16. The molecule has 3 aliphatic heterocycles. The van der Waals surface area contributed by atoms with Gasteiger partial charge in [-0.25, -0.2) is 24.9 Å². The standard InChI is InChI=1S/C27H32ClN7O3.C26H30ClN7O4.C26H28ClN7O3/c1-6-34(7-2)21(36)11-10-17-8-9-18(31-17)12-19-22-24(28)32-27(29)33-25(22)35(26(19)37)14-20-16(4)23(38-5)15(3)13-30-20;1-13(2)19(35)7-16-10-33(12-37-5)20(30-16)8-17-21-23(27)31-26(28)32-24(21)34(25(17)36)11-18-15(4)22(38-6)14(3)9-29-18;1-13-10-29-18(14(2)22(13)37-3)12-34-24-21(23(27)32-26(28)33-24)17(25(34)36)9-20-30-11-16(31-20)8-19(35)15-6-4-5-7-15/h8-9,12-13,31H,6-7,10-11,14H2,1-5H3,(H2,29,32,33);8-10,13H,7,11-12H2,1-6H3,(H2,28,31,32);9-11,15H,4-8,12H2,1-3H3,(H,30,31)(H2,28,32,33)/b19-12-;17-8-;17-9-. The van der Waals surface area contributed by atoms with E-state index in [1.54, 1.807) is 82.2 Å². The summed E-state index contributed by atoms with van der Waals surface area (Å²) in [6.07, 6.45) is 18.9. The van der Waals surface area contributed by atoms with Crippen molar-refractivity contribution in [3.8, 4) is 17.2 Å². The number of nitrogens with zero attached hydrogens (tertiary/aromatic N) is 16. The summed E-state index contributed by atoms with van der Waals surface area (Å²) >= 11 is 19.4. The molecule has 13 rings (SSSR count). The average molecular weight is 1600 g/mol. The number of amides is 4. The fraction of sp³-hybridized carbons (Fsp3) is 0.380. The second-order valence-electron chi connectivity index (χ2n) is 27.9. The monoisotopic (exact) mass is 1600 g/mol. The maximum absolute atomic E-state index is 13.8. The molecule has 0 atom stereocenters. The van der Waals surface area contributed by atoms with Gasteiger partial charge in [-0.2, -0.15) is 15.0 Å². The second kappa shape index (κ2) is 35.4. The number of nitrogens with one attached hydrogen (secondary N) is 2. The SMILES string of the molecule is CCN(CC)C(=O)CCc1ccc(/C=C2\C(=O)N(Cc3ncc(C)c(OC)c3C)c3nc(N)nc(Cl)c32)[nH]1.COCn1cc(CC(=O)C(C)C)nc1/C=C1\C(=O)N(Cc2ncc(C)c(OC)c2C)c2nc(N)nc(Cl)c21.COc1c(C)cnc(CN2C(=O)/C(=C\c3ncc(CC(=O)C4CCCC4)[nH]3)c3c(Cl)nc(N)nc32)c1C. The highest BCUT2D eigenvalue weighted by Crippen LogP contribution is 2.46. The minimum Gasteiger partial charge on any atom is -0.496 e. The van der Waals surface area contributed by atoms with Crippen molar-refractivity contribution in [2.45, 2.75) is 147 Å². The van der Waals surface area contributed by atoms with E-state index < -0.39 is 0 Å². The fourth-order valence-corrected chi connectivity index (χ4v) is 15.0. The van der Waals surface area contributed by atoms with Gasteiger partial charge in [0, 0.05) is 126 Å². The maximum Gasteiger partial charge on any atom is 0.260 e. The predicted molar refractivity (Wildman–Crippen MR) is 431 cm³/mol. The first-order valence-electron chi connectivity index (χ1n) is 36.7. The number of aryl methyl sites for hydroxylation is 4. The van der Waals surface area contributed by atoms with E-state index in [-0.39, 0.29) is 137 Å². The summed E-state index contributed by atoms with van der Waals surface area (Å²) < 4.78 is 23.6. The minimum atomic E-state index is -0.366. The molecule has 0 saturated heterocycles. The Kier molecular flexibility index (Phi) is 25.8. The highest BCUT2D eigenvalue weighted by atomic mass is 35.5. The molecule has 4 aliphatic rings. The molecular formula is C79H90Cl3N21O10. The van der Waals surface area contributed by atoms with Gasteiger partial charge in [0.25, 0.3) is 17.7 Å². The lowest BCUT2D eigenvalue weighted by Gasteiger charge is -2.19. The molecule has 34 heteroatoms. The third-order valence-electron chi connectivity index (χ3n) is 20.1. The number of Topliss-reactive ketones (excluding diaryl/α,β-unsaturated/α-hetero) is 2. The van der Waals surface area contributed by atoms with Crippen LogP contribution in [0.25, 0.3) is 34.9 Å². The first kappa shape index (κ1) is 82.4. The molecular weight excluding hydrogens is 1510 g/mol. The predicted octanol–water partition coefficient (Wildman–Crippen LogP) is 11.2. The van der Waals surface area contributed by atoms with Gasteiger partial charge in [-0.3, -0.25) is 58.4 Å². The number of methoxy groups -OCH3 is 4. The number of pyridine rings is 3. The van der Waals surface area contributed by atoms with Crippen LogP contribution < -0.4 is 46.1 Å². The lowest BCUT2D eigenvalue weighted by Crippen LogP contribution is -2.30.